The second-order valence-corrected chi connectivity index (χ2v) is 4.26. The molecule has 18 heavy (non-hydrogen) atoms. The van der Waals surface area contributed by atoms with Crippen molar-refractivity contribution in [3.63, 3.8) is 0 Å². The SMILES string of the molecule is COc1cccc2c1c(=O)c1ccccc1n2C. The van der Waals surface area contributed by atoms with E-state index in [9.17, 15) is 4.79 Å². The first kappa shape index (κ1) is 10.8. The van der Waals surface area contributed by atoms with Gasteiger partial charge in [-0.05, 0) is 24.3 Å². The third-order valence-corrected chi connectivity index (χ3v) is 3.32. The molecule has 3 heteroatoms. The first-order valence-corrected chi connectivity index (χ1v) is 5.78. The lowest BCUT2D eigenvalue weighted by atomic mass is 10.1. The molecular formula is C15H13NO2. The predicted molar refractivity (Wildman–Crippen MR) is 73.2 cm³/mol. The summed E-state index contributed by atoms with van der Waals surface area (Å²) in [4.78, 5) is 12.5. The Morgan fingerprint density at radius 3 is 2.50 bits per heavy atom. The Bertz CT molecular complexity index is 803. The van der Waals surface area contributed by atoms with Gasteiger partial charge in [0.2, 0.25) is 5.43 Å². The third kappa shape index (κ3) is 1.34. The number of aryl methyl sites for hydroxylation is 1. The summed E-state index contributed by atoms with van der Waals surface area (Å²) in [5.41, 5.74) is 1.84. The van der Waals surface area contributed by atoms with Crippen LogP contribution in [0.5, 0.6) is 5.75 Å². The maximum Gasteiger partial charge on any atom is 0.200 e. The van der Waals surface area contributed by atoms with Crippen molar-refractivity contribution in [1.82, 2.24) is 4.57 Å². The first-order chi connectivity index (χ1) is 8.74. The van der Waals surface area contributed by atoms with Crippen LogP contribution in [0.4, 0.5) is 0 Å². The van der Waals surface area contributed by atoms with Gasteiger partial charge in [-0.2, -0.15) is 0 Å². The number of aromatic nitrogens is 1. The molecule has 0 atom stereocenters. The predicted octanol–water partition coefficient (Wildman–Crippen LogP) is 2.70. The van der Waals surface area contributed by atoms with E-state index in [4.69, 9.17) is 4.74 Å². The van der Waals surface area contributed by atoms with E-state index in [1.165, 1.54) is 0 Å². The number of hydrogen-bond donors (Lipinski definition) is 0. The zero-order valence-electron chi connectivity index (χ0n) is 10.3. The van der Waals surface area contributed by atoms with Gasteiger partial charge in [0, 0.05) is 12.4 Å². The van der Waals surface area contributed by atoms with Crippen LogP contribution in [-0.2, 0) is 7.05 Å². The number of para-hydroxylation sites is 1. The molecule has 0 aliphatic heterocycles. The zero-order valence-corrected chi connectivity index (χ0v) is 10.3. The second-order valence-electron chi connectivity index (χ2n) is 4.26. The molecule has 1 heterocycles. The Balaban J connectivity index is 2.68. The van der Waals surface area contributed by atoms with Crippen LogP contribution in [0.1, 0.15) is 0 Å². The van der Waals surface area contributed by atoms with Gasteiger partial charge in [-0.25, -0.2) is 0 Å². The lowest BCUT2D eigenvalue weighted by Crippen LogP contribution is -2.10. The molecule has 0 fully saturated rings. The molecule has 0 aliphatic rings. The van der Waals surface area contributed by atoms with Crippen LogP contribution in [0.2, 0.25) is 0 Å². The van der Waals surface area contributed by atoms with Crippen LogP contribution in [-0.4, -0.2) is 11.7 Å². The Morgan fingerprint density at radius 1 is 1.00 bits per heavy atom. The summed E-state index contributed by atoms with van der Waals surface area (Å²) in [6.45, 7) is 0. The molecule has 0 spiro atoms. The molecule has 3 aromatic rings. The third-order valence-electron chi connectivity index (χ3n) is 3.32. The average molecular weight is 239 g/mol. The molecule has 1 aromatic heterocycles. The number of nitrogens with zero attached hydrogens (tertiary/aromatic N) is 1. The number of rotatable bonds is 1. The lowest BCUT2D eigenvalue weighted by molar-refractivity contribution is 0.419. The normalized spacial score (nSPS) is 11.0. The minimum Gasteiger partial charge on any atom is -0.496 e. The standard InChI is InChI=1S/C15H13NO2/c1-16-11-7-4-3-6-10(11)15(17)14-12(16)8-5-9-13(14)18-2/h3-9H,1-2H3. The molecule has 0 saturated heterocycles. The van der Waals surface area contributed by atoms with Crippen molar-refractivity contribution in [2.45, 2.75) is 0 Å². The molecule has 0 radical (unpaired) electrons. The fraction of sp³-hybridized carbons (Fsp3) is 0.133. The molecular weight excluding hydrogens is 226 g/mol. The van der Waals surface area contributed by atoms with Crippen LogP contribution in [0.3, 0.4) is 0 Å². The summed E-state index contributed by atoms with van der Waals surface area (Å²) < 4.78 is 7.32. The quantitative estimate of drug-likeness (QED) is 0.611. The highest BCUT2D eigenvalue weighted by atomic mass is 16.5. The summed E-state index contributed by atoms with van der Waals surface area (Å²) >= 11 is 0. The molecule has 0 saturated carbocycles. The van der Waals surface area contributed by atoms with Gasteiger partial charge < -0.3 is 9.30 Å². The number of hydrogen-bond acceptors (Lipinski definition) is 2. The van der Waals surface area contributed by atoms with Gasteiger partial charge in [0.15, 0.2) is 0 Å². The molecule has 0 amide bonds. The lowest BCUT2D eigenvalue weighted by Gasteiger charge is -2.12. The number of pyridine rings is 1. The maximum absolute atomic E-state index is 12.5. The van der Waals surface area contributed by atoms with E-state index < -0.39 is 0 Å². The number of benzene rings is 2. The van der Waals surface area contributed by atoms with Crippen LogP contribution >= 0.6 is 0 Å². The van der Waals surface area contributed by atoms with Crippen molar-refractivity contribution in [2.24, 2.45) is 7.05 Å². The van der Waals surface area contributed by atoms with Crippen molar-refractivity contribution in [2.75, 3.05) is 7.11 Å². The molecule has 0 bridgehead atoms. The summed E-state index contributed by atoms with van der Waals surface area (Å²) in [6.07, 6.45) is 0. The highest BCUT2D eigenvalue weighted by Gasteiger charge is 2.11. The number of fused-ring (bicyclic) bond motifs is 2. The van der Waals surface area contributed by atoms with Gasteiger partial charge in [-0.15, -0.1) is 0 Å². The van der Waals surface area contributed by atoms with Gasteiger partial charge >= 0.3 is 0 Å². The Labute approximate surface area is 104 Å². The van der Waals surface area contributed by atoms with E-state index in [1.807, 2.05) is 54.1 Å². The van der Waals surface area contributed by atoms with E-state index in [-0.39, 0.29) is 5.43 Å². The van der Waals surface area contributed by atoms with Crippen LogP contribution in [0.25, 0.3) is 21.8 Å². The van der Waals surface area contributed by atoms with Crippen molar-refractivity contribution < 1.29 is 4.74 Å². The summed E-state index contributed by atoms with van der Waals surface area (Å²) in [6, 6.07) is 13.3. The van der Waals surface area contributed by atoms with Crippen molar-refractivity contribution in [3.05, 3.63) is 52.7 Å². The monoisotopic (exact) mass is 239 g/mol. The fourth-order valence-electron chi connectivity index (χ4n) is 2.42. The van der Waals surface area contributed by atoms with Crippen LogP contribution in [0, 0.1) is 0 Å². The van der Waals surface area contributed by atoms with Crippen LogP contribution < -0.4 is 10.2 Å². The Morgan fingerprint density at radius 2 is 1.72 bits per heavy atom. The molecule has 3 nitrogen and oxygen atoms in total. The molecule has 0 aliphatic carbocycles. The van der Waals surface area contributed by atoms with Gasteiger partial charge in [0.25, 0.3) is 0 Å². The molecule has 0 N–H and O–H groups in total. The second kappa shape index (κ2) is 3.88. The van der Waals surface area contributed by atoms with Gasteiger partial charge in [0.05, 0.1) is 23.5 Å². The first-order valence-electron chi connectivity index (χ1n) is 5.78. The summed E-state index contributed by atoms with van der Waals surface area (Å²) in [5, 5.41) is 1.36. The minimum absolute atomic E-state index is 0.0242. The van der Waals surface area contributed by atoms with Gasteiger partial charge in [-0.1, -0.05) is 18.2 Å². The molecule has 3 rings (SSSR count). The van der Waals surface area contributed by atoms with E-state index >= 15 is 0 Å². The molecule has 2 aromatic carbocycles. The van der Waals surface area contributed by atoms with E-state index in [0.717, 1.165) is 16.4 Å². The highest BCUT2D eigenvalue weighted by Crippen LogP contribution is 2.25. The van der Waals surface area contributed by atoms with E-state index in [0.29, 0.717) is 11.1 Å². The van der Waals surface area contributed by atoms with Crippen LogP contribution in [0.15, 0.2) is 47.3 Å². The van der Waals surface area contributed by atoms with Gasteiger partial charge in [0.1, 0.15) is 5.75 Å². The van der Waals surface area contributed by atoms with Crippen molar-refractivity contribution >= 4 is 21.8 Å². The number of ether oxygens (including phenoxy) is 1. The summed E-state index contributed by atoms with van der Waals surface area (Å²) in [5.74, 6) is 0.624. The molecule has 90 valence electrons. The average Bonchev–Trinajstić information content (AvgIpc) is 2.44. The van der Waals surface area contributed by atoms with Gasteiger partial charge in [-0.3, -0.25) is 4.79 Å². The maximum atomic E-state index is 12.5. The largest absolute Gasteiger partial charge is 0.496 e. The highest BCUT2D eigenvalue weighted by molar-refractivity contribution is 5.96. The summed E-state index contributed by atoms with van der Waals surface area (Å²) in [7, 11) is 3.55. The minimum atomic E-state index is 0.0242. The smallest absolute Gasteiger partial charge is 0.200 e. The van der Waals surface area contributed by atoms with Crippen molar-refractivity contribution in [1.29, 1.82) is 0 Å². The number of methoxy groups -OCH3 is 1. The topological polar surface area (TPSA) is 31.2 Å². The van der Waals surface area contributed by atoms with Crippen molar-refractivity contribution in [3.8, 4) is 5.75 Å². The zero-order chi connectivity index (χ0) is 12.7. The molecule has 0 unspecified atom stereocenters. The van der Waals surface area contributed by atoms with E-state index in [1.54, 1.807) is 7.11 Å². The Kier molecular flexibility index (Phi) is 2.33. The van der Waals surface area contributed by atoms with E-state index in [2.05, 4.69) is 0 Å². The fourth-order valence-corrected chi connectivity index (χ4v) is 2.42. The Hall–Kier alpha value is -2.29.